The third-order valence-corrected chi connectivity index (χ3v) is 5.29. The predicted molar refractivity (Wildman–Crippen MR) is 102 cm³/mol. The van der Waals surface area contributed by atoms with Crippen LogP contribution in [0.15, 0.2) is 36.4 Å². The maximum absolute atomic E-state index is 12.9. The fourth-order valence-corrected chi connectivity index (χ4v) is 3.61. The Labute approximate surface area is 171 Å². The van der Waals surface area contributed by atoms with Gasteiger partial charge in [-0.2, -0.15) is 0 Å². The third kappa shape index (κ3) is 3.68. The maximum atomic E-state index is 12.9. The van der Waals surface area contributed by atoms with Crippen molar-refractivity contribution >= 4 is 5.78 Å². The van der Waals surface area contributed by atoms with Gasteiger partial charge < -0.3 is 39.7 Å². The smallest absolute Gasteiger partial charge is 0.229 e. The van der Waals surface area contributed by atoms with E-state index in [0.29, 0.717) is 5.56 Å². The summed E-state index contributed by atoms with van der Waals surface area (Å²) >= 11 is 0. The molecule has 9 nitrogen and oxygen atoms in total. The number of hydrogen-bond acceptors (Lipinski definition) is 9. The molecule has 0 spiro atoms. The fraction of sp³-hybridized carbons (Fsp3) is 0.381. The number of aliphatic hydroxyl groups excluding tert-OH is 3. The van der Waals surface area contributed by atoms with Crippen LogP contribution < -0.4 is 9.47 Å². The number of benzene rings is 2. The van der Waals surface area contributed by atoms with Crippen LogP contribution in [0.25, 0.3) is 0 Å². The second-order valence-corrected chi connectivity index (χ2v) is 7.44. The van der Waals surface area contributed by atoms with E-state index in [1.54, 1.807) is 12.1 Å². The summed E-state index contributed by atoms with van der Waals surface area (Å²) in [5, 5.41) is 49.5. The molecule has 5 N–H and O–H groups in total. The second-order valence-electron chi connectivity index (χ2n) is 7.44. The summed E-state index contributed by atoms with van der Waals surface area (Å²) in [5.74, 6) is -0.440. The Morgan fingerprint density at radius 2 is 1.67 bits per heavy atom. The molecule has 0 aliphatic carbocycles. The molecule has 0 saturated carbocycles. The molecule has 1 fully saturated rings. The standard InChI is InChI=1S/C21H22O9/c1-9-18(25)19(26)20(27)21(28-9)30-16-7-12(23)6-15-17(16)13(24)8-14(29-15)10-2-4-11(22)5-3-10/h2-7,9,14,18-23,25-27H,8H2,1H3/t9-,14?,18-,19+,20+,21?/m1/s1. The van der Waals surface area contributed by atoms with Crippen molar-refractivity contribution in [3.63, 3.8) is 0 Å². The van der Waals surface area contributed by atoms with Crippen LogP contribution >= 0.6 is 0 Å². The lowest BCUT2D eigenvalue weighted by molar-refractivity contribution is -0.268. The quantitative estimate of drug-likeness (QED) is 0.493. The van der Waals surface area contributed by atoms with E-state index < -0.39 is 36.8 Å². The third-order valence-electron chi connectivity index (χ3n) is 5.29. The summed E-state index contributed by atoms with van der Waals surface area (Å²) in [6, 6.07) is 8.72. The molecule has 0 amide bonds. The number of phenols is 2. The molecule has 2 unspecified atom stereocenters. The summed E-state index contributed by atoms with van der Waals surface area (Å²) < 4.78 is 16.9. The van der Waals surface area contributed by atoms with Crippen LogP contribution in [-0.2, 0) is 4.74 Å². The molecule has 2 aliphatic rings. The molecule has 2 aliphatic heterocycles. The van der Waals surface area contributed by atoms with Gasteiger partial charge in [-0.25, -0.2) is 0 Å². The number of Topliss-reactive ketones (excluding diaryl/α,β-unsaturated/α-hetero) is 1. The Hall–Kier alpha value is -2.85. The van der Waals surface area contributed by atoms with E-state index in [-0.39, 0.29) is 40.8 Å². The van der Waals surface area contributed by atoms with Crippen molar-refractivity contribution in [2.75, 3.05) is 0 Å². The van der Waals surface area contributed by atoms with Crippen LogP contribution in [0, 0.1) is 0 Å². The highest BCUT2D eigenvalue weighted by molar-refractivity contribution is 6.02. The molecule has 2 aromatic carbocycles. The van der Waals surface area contributed by atoms with Crippen molar-refractivity contribution < 1.29 is 44.5 Å². The van der Waals surface area contributed by atoms with Crippen LogP contribution in [0.5, 0.6) is 23.0 Å². The van der Waals surface area contributed by atoms with Crippen molar-refractivity contribution in [3.05, 3.63) is 47.5 Å². The number of aromatic hydroxyl groups is 2. The first-order valence-corrected chi connectivity index (χ1v) is 9.46. The average molecular weight is 418 g/mol. The van der Waals surface area contributed by atoms with Crippen LogP contribution in [-0.4, -0.2) is 62.0 Å². The summed E-state index contributed by atoms with van der Waals surface area (Å²) in [7, 11) is 0. The molecule has 1 saturated heterocycles. The maximum Gasteiger partial charge on any atom is 0.229 e. The molecule has 6 atom stereocenters. The van der Waals surface area contributed by atoms with Gasteiger partial charge in [0.15, 0.2) is 5.78 Å². The highest BCUT2D eigenvalue weighted by Crippen LogP contribution is 2.43. The zero-order chi connectivity index (χ0) is 21.6. The highest BCUT2D eigenvalue weighted by Gasteiger charge is 2.44. The summed E-state index contributed by atoms with van der Waals surface area (Å²) in [6.07, 6.45) is -7.19. The lowest BCUT2D eigenvalue weighted by Gasteiger charge is -2.39. The Morgan fingerprint density at radius 3 is 2.37 bits per heavy atom. The minimum Gasteiger partial charge on any atom is -0.508 e. The van der Waals surface area contributed by atoms with E-state index in [1.807, 2.05) is 0 Å². The van der Waals surface area contributed by atoms with Gasteiger partial charge in [-0.05, 0) is 24.6 Å². The molecule has 160 valence electrons. The molecular formula is C21H22O9. The lowest BCUT2D eigenvalue weighted by Crippen LogP contribution is -2.58. The number of carbonyl (C=O) groups is 1. The first-order valence-electron chi connectivity index (χ1n) is 9.46. The fourth-order valence-electron chi connectivity index (χ4n) is 3.61. The second kappa shape index (κ2) is 7.77. The summed E-state index contributed by atoms with van der Waals surface area (Å²) in [4.78, 5) is 12.9. The Kier molecular flexibility index (Phi) is 5.29. The van der Waals surface area contributed by atoms with Crippen molar-refractivity contribution in [3.8, 4) is 23.0 Å². The lowest BCUT2D eigenvalue weighted by atomic mass is 9.95. The number of carbonyl (C=O) groups excluding carboxylic acids is 1. The van der Waals surface area contributed by atoms with Gasteiger partial charge in [-0.15, -0.1) is 0 Å². The number of rotatable bonds is 3. The molecule has 2 aromatic rings. The molecule has 30 heavy (non-hydrogen) atoms. The van der Waals surface area contributed by atoms with Gasteiger partial charge in [-0.1, -0.05) is 12.1 Å². The Balaban J connectivity index is 1.63. The van der Waals surface area contributed by atoms with E-state index in [1.165, 1.54) is 31.2 Å². The SMILES string of the molecule is C[C@H]1OC(Oc2cc(O)cc3c2C(=O)CC(c2ccc(O)cc2)O3)[C@@H](O)[C@@H](O)[C@@H]1O. The summed E-state index contributed by atoms with van der Waals surface area (Å²) in [5.41, 5.74) is 0.751. The number of hydrogen-bond donors (Lipinski definition) is 5. The number of phenolic OH excluding ortho intramolecular Hbond substituents is 2. The van der Waals surface area contributed by atoms with Gasteiger partial charge in [0, 0.05) is 12.1 Å². The molecule has 0 aromatic heterocycles. The molecule has 0 radical (unpaired) electrons. The van der Waals surface area contributed by atoms with Gasteiger partial charge in [0.2, 0.25) is 6.29 Å². The van der Waals surface area contributed by atoms with Crippen molar-refractivity contribution in [2.24, 2.45) is 0 Å². The highest BCUT2D eigenvalue weighted by atomic mass is 16.7. The molecule has 2 heterocycles. The number of aliphatic hydroxyl groups is 3. The first-order chi connectivity index (χ1) is 14.2. The minimum absolute atomic E-state index is 0.00920. The topological polar surface area (TPSA) is 146 Å². The number of ketones is 1. The normalized spacial score (nSPS) is 31.0. The minimum atomic E-state index is -1.57. The predicted octanol–water partition coefficient (Wildman–Crippen LogP) is 1.01. The van der Waals surface area contributed by atoms with E-state index in [0.717, 1.165) is 0 Å². The van der Waals surface area contributed by atoms with Crippen LogP contribution in [0.1, 0.15) is 35.4 Å². The average Bonchev–Trinajstić information content (AvgIpc) is 2.70. The Bertz CT molecular complexity index is 942. The van der Waals surface area contributed by atoms with Crippen LogP contribution in [0.2, 0.25) is 0 Å². The number of ether oxygens (including phenoxy) is 3. The van der Waals surface area contributed by atoms with E-state index in [9.17, 15) is 30.3 Å². The molecule has 4 rings (SSSR count). The van der Waals surface area contributed by atoms with Crippen molar-refractivity contribution in [2.45, 2.75) is 50.2 Å². The van der Waals surface area contributed by atoms with E-state index in [2.05, 4.69) is 0 Å². The van der Waals surface area contributed by atoms with Gasteiger partial charge in [0.25, 0.3) is 0 Å². The van der Waals surface area contributed by atoms with Gasteiger partial charge in [0.1, 0.15) is 53.0 Å². The molecular weight excluding hydrogens is 396 g/mol. The van der Waals surface area contributed by atoms with Gasteiger partial charge in [0.05, 0.1) is 12.5 Å². The number of fused-ring (bicyclic) bond motifs is 1. The van der Waals surface area contributed by atoms with Gasteiger partial charge >= 0.3 is 0 Å². The van der Waals surface area contributed by atoms with Crippen molar-refractivity contribution in [1.29, 1.82) is 0 Å². The molecule has 9 heteroatoms. The zero-order valence-corrected chi connectivity index (χ0v) is 16.0. The zero-order valence-electron chi connectivity index (χ0n) is 16.0. The Morgan fingerprint density at radius 1 is 0.967 bits per heavy atom. The van der Waals surface area contributed by atoms with E-state index in [4.69, 9.17) is 14.2 Å². The largest absolute Gasteiger partial charge is 0.508 e. The monoisotopic (exact) mass is 418 g/mol. The van der Waals surface area contributed by atoms with Crippen LogP contribution in [0.3, 0.4) is 0 Å². The van der Waals surface area contributed by atoms with Gasteiger partial charge in [-0.3, -0.25) is 4.79 Å². The first kappa shape index (κ1) is 20.4. The molecule has 0 bridgehead atoms. The summed E-state index contributed by atoms with van der Waals surface area (Å²) in [6.45, 7) is 1.50. The van der Waals surface area contributed by atoms with Crippen LogP contribution in [0.4, 0.5) is 0 Å². The van der Waals surface area contributed by atoms with Crippen molar-refractivity contribution in [1.82, 2.24) is 0 Å². The van der Waals surface area contributed by atoms with E-state index >= 15 is 0 Å².